The molecule has 0 unspecified atom stereocenters. The highest BCUT2D eigenvalue weighted by Gasteiger charge is 2.53. The van der Waals surface area contributed by atoms with Crippen molar-refractivity contribution in [3.8, 4) is 11.5 Å². The lowest BCUT2D eigenvalue weighted by atomic mass is 9.69. The standard InChI is InChI=1S/C23H23NO4/c1-27-18-8-7-16-14-24(22(26)15-5-3-2-4-6-15)12-11-23-10-9-17(25)13-19(23)28-21(18)20(16)23/h2-10,17,19,25H,11-14H2,1H3/t17-,19-,23+/m0/s1. The third-order valence-corrected chi connectivity index (χ3v) is 6.26. The van der Waals surface area contributed by atoms with Crippen molar-refractivity contribution < 1.29 is 19.4 Å². The van der Waals surface area contributed by atoms with Crippen LogP contribution in [0.1, 0.15) is 34.3 Å². The predicted octanol–water partition coefficient (Wildman–Crippen LogP) is 3.06. The zero-order chi connectivity index (χ0) is 19.3. The first-order valence-electron chi connectivity index (χ1n) is 9.71. The molecule has 2 aromatic rings. The molecule has 1 aliphatic carbocycles. The van der Waals surface area contributed by atoms with Gasteiger partial charge in [-0.2, -0.15) is 0 Å². The maximum atomic E-state index is 13.1. The number of hydrogen-bond acceptors (Lipinski definition) is 4. The van der Waals surface area contributed by atoms with Crippen molar-refractivity contribution in [2.75, 3.05) is 13.7 Å². The molecule has 5 heteroatoms. The minimum Gasteiger partial charge on any atom is -0.493 e. The zero-order valence-corrected chi connectivity index (χ0v) is 15.8. The summed E-state index contributed by atoms with van der Waals surface area (Å²) < 4.78 is 11.9. The fourth-order valence-corrected chi connectivity index (χ4v) is 4.87. The van der Waals surface area contributed by atoms with Crippen molar-refractivity contribution >= 4 is 5.91 Å². The topological polar surface area (TPSA) is 59.0 Å². The number of methoxy groups -OCH3 is 1. The number of carbonyl (C=O) groups excluding carboxylic acids is 1. The average Bonchev–Trinajstić information content (AvgIpc) is 2.96. The molecular formula is C23H23NO4. The average molecular weight is 377 g/mol. The van der Waals surface area contributed by atoms with Crippen LogP contribution in [0.3, 0.4) is 0 Å². The monoisotopic (exact) mass is 377 g/mol. The second-order valence-corrected chi connectivity index (χ2v) is 7.78. The molecule has 2 aliphatic heterocycles. The Morgan fingerprint density at radius 1 is 1.25 bits per heavy atom. The normalized spacial score (nSPS) is 27.4. The van der Waals surface area contributed by atoms with Gasteiger partial charge in [-0.05, 0) is 30.2 Å². The van der Waals surface area contributed by atoms with E-state index < -0.39 is 6.10 Å². The number of benzene rings is 2. The Morgan fingerprint density at radius 3 is 2.86 bits per heavy atom. The predicted molar refractivity (Wildman–Crippen MR) is 105 cm³/mol. The van der Waals surface area contributed by atoms with E-state index in [0.717, 1.165) is 23.3 Å². The maximum absolute atomic E-state index is 13.1. The van der Waals surface area contributed by atoms with Crippen LogP contribution >= 0.6 is 0 Å². The molecule has 3 aliphatic rings. The quantitative estimate of drug-likeness (QED) is 0.818. The maximum Gasteiger partial charge on any atom is 0.254 e. The lowest BCUT2D eigenvalue weighted by Gasteiger charge is -2.35. The molecule has 0 fully saturated rings. The van der Waals surface area contributed by atoms with Crippen LogP contribution in [-0.2, 0) is 12.0 Å². The number of aliphatic hydroxyl groups excluding tert-OH is 1. The van der Waals surface area contributed by atoms with E-state index in [-0.39, 0.29) is 17.4 Å². The van der Waals surface area contributed by atoms with Crippen LogP contribution in [0.5, 0.6) is 11.5 Å². The number of hydrogen-bond donors (Lipinski definition) is 1. The van der Waals surface area contributed by atoms with E-state index in [2.05, 4.69) is 6.08 Å². The van der Waals surface area contributed by atoms with E-state index in [1.807, 2.05) is 53.4 Å². The summed E-state index contributed by atoms with van der Waals surface area (Å²) in [5.74, 6) is 1.51. The van der Waals surface area contributed by atoms with Gasteiger partial charge in [0.15, 0.2) is 11.5 Å². The molecular weight excluding hydrogens is 354 g/mol. The van der Waals surface area contributed by atoms with Crippen molar-refractivity contribution in [2.45, 2.75) is 37.0 Å². The Kier molecular flexibility index (Phi) is 3.95. The summed E-state index contributed by atoms with van der Waals surface area (Å²) in [6.45, 7) is 1.17. The first-order chi connectivity index (χ1) is 13.6. The Balaban J connectivity index is 1.60. The van der Waals surface area contributed by atoms with Gasteiger partial charge in [0, 0.05) is 30.6 Å². The molecule has 5 nitrogen and oxygen atoms in total. The number of carbonyl (C=O) groups is 1. The summed E-state index contributed by atoms with van der Waals surface area (Å²) in [5.41, 5.74) is 2.57. The van der Waals surface area contributed by atoms with Gasteiger partial charge >= 0.3 is 0 Å². The molecule has 1 spiro atoms. The molecule has 0 aromatic heterocycles. The summed E-state index contributed by atoms with van der Waals surface area (Å²) in [6.07, 6.45) is 4.60. The van der Waals surface area contributed by atoms with Crippen molar-refractivity contribution in [3.05, 3.63) is 71.3 Å². The number of ether oxygens (including phenoxy) is 2. The van der Waals surface area contributed by atoms with Gasteiger partial charge in [-0.1, -0.05) is 36.4 Å². The lowest BCUT2D eigenvalue weighted by Crippen LogP contribution is -2.43. The molecule has 0 saturated heterocycles. The second-order valence-electron chi connectivity index (χ2n) is 7.78. The summed E-state index contributed by atoms with van der Waals surface area (Å²) in [4.78, 5) is 15.0. The fraction of sp³-hybridized carbons (Fsp3) is 0.348. The van der Waals surface area contributed by atoms with Crippen LogP contribution < -0.4 is 9.47 Å². The van der Waals surface area contributed by atoms with E-state index in [9.17, 15) is 9.90 Å². The van der Waals surface area contributed by atoms with Crippen LogP contribution in [0, 0.1) is 0 Å². The van der Waals surface area contributed by atoms with Crippen LogP contribution in [0.2, 0.25) is 0 Å². The zero-order valence-electron chi connectivity index (χ0n) is 15.8. The number of nitrogens with zero attached hydrogens (tertiary/aromatic N) is 1. The minimum absolute atomic E-state index is 0.0406. The molecule has 28 heavy (non-hydrogen) atoms. The van der Waals surface area contributed by atoms with E-state index in [1.54, 1.807) is 7.11 Å². The van der Waals surface area contributed by atoms with E-state index in [1.165, 1.54) is 0 Å². The third kappa shape index (κ3) is 2.46. The van der Waals surface area contributed by atoms with Crippen LogP contribution in [0.15, 0.2) is 54.6 Å². The first-order valence-corrected chi connectivity index (χ1v) is 9.71. The van der Waals surface area contributed by atoms with E-state index in [4.69, 9.17) is 9.47 Å². The molecule has 1 N–H and O–H groups in total. The van der Waals surface area contributed by atoms with Crippen molar-refractivity contribution in [2.24, 2.45) is 0 Å². The Morgan fingerprint density at radius 2 is 2.07 bits per heavy atom. The first kappa shape index (κ1) is 17.3. The molecule has 3 atom stereocenters. The van der Waals surface area contributed by atoms with Crippen LogP contribution in [0.4, 0.5) is 0 Å². The molecule has 5 rings (SSSR count). The molecule has 2 heterocycles. The van der Waals surface area contributed by atoms with Crippen molar-refractivity contribution in [1.29, 1.82) is 0 Å². The minimum atomic E-state index is -0.510. The highest BCUT2D eigenvalue weighted by atomic mass is 16.5. The third-order valence-electron chi connectivity index (χ3n) is 6.26. The Labute approximate surface area is 164 Å². The van der Waals surface area contributed by atoms with Gasteiger partial charge in [-0.25, -0.2) is 0 Å². The number of rotatable bonds is 2. The van der Waals surface area contributed by atoms with Gasteiger partial charge in [0.25, 0.3) is 5.91 Å². The van der Waals surface area contributed by atoms with Crippen molar-refractivity contribution in [3.63, 3.8) is 0 Å². The van der Waals surface area contributed by atoms with Gasteiger partial charge in [0.05, 0.1) is 18.6 Å². The molecule has 144 valence electrons. The highest BCUT2D eigenvalue weighted by molar-refractivity contribution is 5.94. The Bertz CT molecular complexity index is 955. The molecule has 1 amide bonds. The summed E-state index contributed by atoms with van der Waals surface area (Å²) in [6, 6.07) is 13.4. The highest BCUT2D eigenvalue weighted by Crippen LogP contribution is 2.55. The van der Waals surface area contributed by atoms with Gasteiger partial charge < -0.3 is 19.5 Å². The SMILES string of the molecule is COc1ccc2c3c1O[C@H]1C[C@@H](O)C=C[C@]31CCN(C(=O)c1ccccc1)C2. The van der Waals surface area contributed by atoms with Crippen molar-refractivity contribution in [1.82, 2.24) is 4.90 Å². The van der Waals surface area contributed by atoms with E-state index >= 15 is 0 Å². The summed E-state index contributed by atoms with van der Waals surface area (Å²) >= 11 is 0. The van der Waals surface area contributed by atoms with Gasteiger partial charge in [0.1, 0.15) is 6.10 Å². The summed E-state index contributed by atoms with van der Waals surface area (Å²) in [5, 5.41) is 10.2. The molecule has 0 bridgehead atoms. The second kappa shape index (κ2) is 6.38. The molecule has 2 aromatic carbocycles. The van der Waals surface area contributed by atoms with Crippen LogP contribution in [0.25, 0.3) is 0 Å². The fourth-order valence-electron chi connectivity index (χ4n) is 4.87. The molecule has 0 radical (unpaired) electrons. The summed E-state index contributed by atoms with van der Waals surface area (Å²) in [7, 11) is 1.64. The number of aliphatic hydroxyl groups is 1. The van der Waals surface area contributed by atoms with Gasteiger partial charge in [-0.15, -0.1) is 0 Å². The van der Waals surface area contributed by atoms with Gasteiger partial charge in [-0.3, -0.25) is 4.79 Å². The van der Waals surface area contributed by atoms with Gasteiger partial charge in [0.2, 0.25) is 0 Å². The Hall–Kier alpha value is -2.79. The van der Waals surface area contributed by atoms with Crippen LogP contribution in [-0.4, -0.2) is 41.8 Å². The molecule has 0 saturated carbocycles. The lowest BCUT2D eigenvalue weighted by molar-refractivity contribution is 0.0671. The largest absolute Gasteiger partial charge is 0.493 e. The van der Waals surface area contributed by atoms with E-state index in [0.29, 0.717) is 30.8 Å². The smallest absolute Gasteiger partial charge is 0.254 e. The number of amides is 1.